The van der Waals surface area contributed by atoms with E-state index in [9.17, 15) is 4.39 Å². The van der Waals surface area contributed by atoms with E-state index in [-0.39, 0.29) is 41.6 Å². The molecule has 0 bridgehead atoms. The number of rotatable bonds is 8. The Kier molecular flexibility index (Phi) is 8.90. The molecule has 3 aromatic rings. The van der Waals surface area contributed by atoms with Crippen molar-refractivity contribution in [3.63, 3.8) is 0 Å². The Bertz CT molecular complexity index is 900. The van der Waals surface area contributed by atoms with Crippen LogP contribution in [0.15, 0.2) is 52.1 Å². The number of ether oxygens (including phenoxy) is 1. The van der Waals surface area contributed by atoms with E-state index in [1.807, 2.05) is 13.8 Å². The predicted molar refractivity (Wildman–Crippen MR) is 119 cm³/mol. The maximum absolute atomic E-state index is 13.7. The van der Waals surface area contributed by atoms with Gasteiger partial charge in [-0.15, -0.1) is 29.1 Å². The highest BCUT2D eigenvalue weighted by molar-refractivity contribution is 14.0. The second-order valence-corrected chi connectivity index (χ2v) is 6.02. The van der Waals surface area contributed by atoms with Crippen molar-refractivity contribution in [1.82, 2.24) is 25.8 Å². The van der Waals surface area contributed by atoms with E-state index in [1.54, 1.807) is 36.6 Å². The number of guanidine groups is 1. The second-order valence-electron chi connectivity index (χ2n) is 6.02. The molecular weight excluding hydrogens is 490 g/mol. The minimum absolute atomic E-state index is 0. The number of hydrogen-bond donors (Lipinski definition) is 3. The summed E-state index contributed by atoms with van der Waals surface area (Å²) >= 11 is 0. The topological polar surface area (TPSA) is 100 Å². The number of nitrogens with zero attached hydrogens (tertiary/aromatic N) is 3. The monoisotopic (exact) mass is 514 g/mol. The zero-order valence-electron chi connectivity index (χ0n) is 16.2. The van der Waals surface area contributed by atoms with Gasteiger partial charge < -0.3 is 19.8 Å². The Labute approximate surface area is 185 Å². The Hall–Kier alpha value is -2.63. The van der Waals surface area contributed by atoms with Crippen LogP contribution in [0.3, 0.4) is 0 Å². The first kappa shape index (κ1) is 22.7. The molecule has 0 aliphatic heterocycles. The maximum Gasteiger partial charge on any atom is 0.216 e. The molecule has 0 saturated carbocycles. The van der Waals surface area contributed by atoms with Crippen LogP contribution in [0, 0.1) is 5.82 Å². The molecule has 1 aromatic carbocycles. The van der Waals surface area contributed by atoms with Crippen LogP contribution < -0.4 is 15.4 Å². The third kappa shape index (κ3) is 6.73. The zero-order valence-corrected chi connectivity index (χ0v) is 18.5. The number of para-hydroxylation sites is 1. The van der Waals surface area contributed by atoms with Crippen molar-refractivity contribution in [1.29, 1.82) is 0 Å². The molecule has 2 heterocycles. The molecule has 1 unspecified atom stereocenters. The summed E-state index contributed by atoms with van der Waals surface area (Å²) in [6, 6.07) is 9.90. The van der Waals surface area contributed by atoms with E-state index in [4.69, 9.17) is 9.15 Å². The summed E-state index contributed by atoms with van der Waals surface area (Å²) in [5.41, 5.74) is 0. The number of hydrogen-bond acceptors (Lipinski definition) is 5. The van der Waals surface area contributed by atoms with Gasteiger partial charge >= 0.3 is 0 Å². The summed E-state index contributed by atoms with van der Waals surface area (Å²) in [6.07, 6.45) is 1.32. The molecule has 8 nitrogen and oxygen atoms in total. The number of aromatic amines is 1. The van der Waals surface area contributed by atoms with Crippen LogP contribution in [-0.2, 0) is 6.54 Å². The van der Waals surface area contributed by atoms with Crippen molar-refractivity contribution in [2.45, 2.75) is 26.5 Å². The summed E-state index contributed by atoms with van der Waals surface area (Å²) in [5, 5.41) is 13.3. The van der Waals surface area contributed by atoms with Crippen LogP contribution >= 0.6 is 24.0 Å². The Morgan fingerprint density at radius 2 is 2.10 bits per heavy atom. The van der Waals surface area contributed by atoms with Crippen molar-refractivity contribution in [2.24, 2.45) is 4.99 Å². The SMILES string of the molecule is CCNC(=NCc1nc(-c2ccco2)n[nH]1)NCC(C)Oc1ccccc1F.I. The fourth-order valence-electron chi connectivity index (χ4n) is 2.42. The summed E-state index contributed by atoms with van der Waals surface area (Å²) in [5.74, 6) is 2.14. The zero-order chi connectivity index (χ0) is 19.8. The number of halogens is 2. The summed E-state index contributed by atoms with van der Waals surface area (Å²) < 4.78 is 24.6. The normalized spacial score (nSPS) is 12.2. The van der Waals surface area contributed by atoms with Crippen molar-refractivity contribution < 1.29 is 13.5 Å². The van der Waals surface area contributed by atoms with Crippen LogP contribution in [-0.4, -0.2) is 40.3 Å². The molecule has 0 fully saturated rings. The Balaban J connectivity index is 0.00000300. The van der Waals surface area contributed by atoms with Gasteiger partial charge in [0.05, 0.1) is 12.8 Å². The highest BCUT2D eigenvalue weighted by Crippen LogP contribution is 2.17. The minimum atomic E-state index is -0.382. The first-order valence-corrected chi connectivity index (χ1v) is 9.04. The van der Waals surface area contributed by atoms with Crippen molar-refractivity contribution >= 4 is 29.9 Å². The van der Waals surface area contributed by atoms with Crippen LogP contribution in [0.4, 0.5) is 4.39 Å². The summed E-state index contributed by atoms with van der Waals surface area (Å²) in [7, 11) is 0. The van der Waals surface area contributed by atoms with Crippen molar-refractivity contribution in [2.75, 3.05) is 13.1 Å². The molecule has 29 heavy (non-hydrogen) atoms. The van der Waals surface area contributed by atoms with Gasteiger partial charge in [-0.25, -0.2) is 14.4 Å². The number of H-pyrrole nitrogens is 1. The lowest BCUT2D eigenvalue weighted by molar-refractivity contribution is 0.214. The molecule has 0 amide bonds. The molecule has 0 radical (unpaired) electrons. The van der Waals surface area contributed by atoms with Gasteiger partial charge in [0, 0.05) is 6.54 Å². The second kappa shape index (κ2) is 11.4. The third-order valence-corrected chi connectivity index (χ3v) is 3.73. The van der Waals surface area contributed by atoms with Gasteiger partial charge in [0.25, 0.3) is 0 Å². The number of aromatic nitrogens is 3. The fourth-order valence-corrected chi connectivity index (χ4v) is 2.42. The van der Waals surface area contributed by atoms with Gasteiger partial charge in [0.2, 0.25) is 5.82 Å². The lowest BCUT2D eigenvalue weighted by atomic mass is 10.3. The van der Waals surface area contributed by atoms with Crippen molar-refractivity contribution in [3.05, 3.63) is 54.3 Å². The molecule has 3 N–H and O–H groups in total. The number of benzene rings is 1. The van der Waals surface area contributed by atoms with Crippen molar-refractivity contribution in [3.8, 4) is 17.3 Å². The van der Waals surface area contributed by atoms with E-state index in [1.165, 1.54) is 6.07 Å². The quantitative estimate of drug-likeness (QED) is 0.242. The van der Waals surface area contributed by atoms with E-state index >= 15 is 0 Å². The van der Waals surface area contributed by atoms with E-state index in [0.717, 1.165) is 0 Å². The molecule has 156 valence electrons. The first-order chi connectivity index (χ1) is 13.7. The number of furan rings is 1. The lowest BCUT2D eigenvalue weighted by Crippen LogP contribution is -2.41. The van der Waals surface area contributed by atoms with E-state index in [0.29, 0.717) is 43.0 Å². The molecule has 0 aliphatic carbocycles. The van der Waals surface area contributed by atoms with Crippen LogP contribution in [0.5, 0.6) is 5.75 Å². The fraction of sp³-hybridized carbons (Fsp3) is 0.316. The molecule has 2 aromatic heterocycles. The Morgan fingerprint density at radius 3 is 2.83 bits per heavy atom. The molecule has 0 saturated heterocycles. The standard InChI is InChI=1S/C19H23FN6O2.HI/c1-3-21-19(22-11-13(2)28-15-8-5-4-7-14(15)20)23-12-17-24-18(26-25-17)16-9-6-10-27-16;/h4-10,13H,3,11-12H2,1-2H3,(H2,21,22,23)(H,24,25,26);1H. The smallest absolute Gasteiger partial charge is 0.216 e. The van der Waals surface area contributed by atoms with Gasteiger partial charge in [-0.05, 0) is 38.1 Å². The molecular formula is C19H24FIN6O2. The average molecular weight is 514 g/mol. The van der Waals surface area contributed by atoms with Crippen LogP contribution in [0.25, 0.3) is 11.6 Å². The van der Waals surface area contributed by atoms with Gasteiger partial charge in [0.15, 0.2) is 23.3 Å². The van der Waals surface area contributed by atoms with E-state index < -0.39 is 0 Å². The molecule has 10 heteroatoms. The third-order valence-electron chi connectivity index (χ3n) is 3.73. The van der Waals surface area contributed by atoms with Crippen LogP contribution in [0.2, 0.25) is 0 Å². The first-order valence-electron chi connectivity index (χ1n) is 9.04. The molecule has 3 rings (SSSR count). The Morgan fingerprint density at radius 1 is 1.28 bits per heavy atom. The molecule has 0 spiro atoms. The van der Waals surface area contributed by atoms with Gasteiger partial charge in [-0.3, -0.25) is 5.10 Å². The number of aliphatic imine (C=N–C) groups is 1. The van der Waals surface area contributed by atoms with Crippen LogP contribution in [0.1, 0.15) is 19.7 Å². The van der Waals surface area contributed by atoms with E-state index in [2.05, 4.69) is 30.8 Å². The minimum Gasteiger partial charge on any atom is -0.486 e. The lowest BCUT2D eigenvalue weighted by Gasteiger charge is -2.17. The van der Waals surface area contributed by atoms with Gasteiger partial charge in [0.1, 0.15) is 18.5 Å². The summed E-state index contributed by atoms with van der Waals surface area (Å²) in [4.78, 5) is 8.83. The highest BCUT2D eigenvalue weighted by Gasteiger charge is 2.10. The molecule has 1 atom stereocenters. The summed E-state index contributed by atoms with van der Waals surface area (Å²) in [6.45, 7) is 5.29. The predicted octanol–water partition coefficient (Wildman–Crippen LogP) is 3.34. The highest BCUT2D eigenvalue weighted by atomic mass is 127. The molecule has 0 aliphatic rings. The average Bonchev–Trinajstić information content (AvgIpc) is 3.37. The number of nitrogens with one attached hydrogen (secondary N) is 3. The van der Waals surface area contributed by atoms with Gasteiger partial charge in [-0.1, -0.05) is 12.1 Å². The largest absolute Gasteiger partial charge is 0.486 e. The van der Waals surface area contributed by atoms with Gasteiger partial charge in [-0.2, -0.15) is 0 Å². The maximum atomic E-state index is 13.7.